The molecule has 0 bridgehead atoms. The molecule has 5 heteroatoms. The van der Waals surface area contributed by atoms with Crippen molar-refractivity contribution >= 4 is 21.9 Å². The van der Waals surface area contributed by atoms with E-state index >= 15 is 0 Å². The Bertz CT molecular complexity index is 437. The molecule has 0 aromatic heterocycles. The summed E-state index contributed by atoms with van der Waals surface area (Å²) in [7, 11) is 0. The highest BCUT2D eigenvalue weighted by molar-refractivity contribution is 9.10. The lowest BCUT2D eigenvalue weighted by atomic mass is 10.1. The van der Waals surface area contributed by atoms with Gasteiger partial charge >= 0.3 is 5.97 Å². The fourth-order valence-electron chi connectivity index (χ4n) is 1.02. The number of hydrogen-bond donors (Lipinski definition) is 1. The second-order valence-electron chi connectivity index (χ2n) is 2.68. The first-order chi connectivity index (χ1) is 7.10. The average molecular weight is 270 g/mol. The van der Waals surface area contributed by atoms with Crippen molar-refractivity contribution in [3.63, 3.8) is 0 Å². The lowest BCUT2D eigenvalue weighted by Crippen LogP contribution is -2.05. The Balaban J connectivity index is 3.20. The number of carbonyl (C=O) groups is 1. The zero-order valence-electron chi connectivity index (χ0n) is 7.95. The molecule has 1 aromatic rings. The van der Waals surface area contributed by atoms with Gasteiger partial charge in [-0.05, 0) is 35.0 Å². The molecule has 78 valence electrons. The Morgan fingerprint density at radius 2 is 2.33 bits per heavy atom. The molecule has 0 aliphatic heterocycles. The van der Waals surface area contributed by atoms with E-state index in [1.165, 1.54) is 12.1 Å². The largest absolute Gasteiger partial charge is 0.507 e. The third kappa shape index (κ3) is 2.48. The standard InChI is InChI=1S/C10H8BrNO3/c1-2-15-10(14)7-3-6(5-12)9(13)4-8(7)11/h3-4,13H,2H2,1H3. The van der Waals surface area contributed by atoms with Crippen LogP contribution in [0, 0.1) is 11.3 Å². The summed E-state index contributed by atoms with van der Waals surface area (Å²) in [6, 6.07) is 4.37. The van der Waals surface area contributed by atoms with E-state index in [-0.39, 0.29) is 23.5 Å². The number of carbonyl (C=O) groups excluding carboxylic acids is 1. The third-order valence-corrected chi connectivity index (χ3v) is 2.36. The molecule has 1 rings (SSSR count). The number of halogens is 1. The first kappa shape index (κ1) is 11.5. The molecule has 0 unspecified atom stereocenters. The minimum Gasteiger partial charge on any atom is -0.507 e. The molecule has 0 heterocycles. The maximum absolute atomic E-state index is 11.4. The van der Waals surface area contributed by atoms with Crippen LogP contribution < -0.4 is 0 Å². The second kappa shape index (κ2) is 4.80. The lowest BCUT2D eigenvalue weighted by molar-refractivity contribution is 0.0525. The zero-order chi connectivity index (χ0) is 11.4. The van der Waals surface area contributed by atoms with Gasteiger partial charge in [0.2, 0.25) is 0 Å². The molecule has 1 N–H and O–H groups in total. The van der Waals surface area contributed by atoms with Gasteiger partial charge in [-0.1, -0.05) is 0 Å². The Kier molecular flexibility index (Phi) is 3.69. The molecule has 0 atom stereocenters. The predicted molar refractivity (Wildman–Crippen MR) is 56.5 cm³/mol. The van der Waals surface area contributed by atoms with Crippen molar-refractivity contribution in [2.75, 3.05) is 6.61 Å². The lowest BCUT2D eigenvalue weighted by Gasteiger charge is -2.05. The molecular weight excluding hydrogens is 262 g/mol. The summed E-state index contributed by atoms with van der Waals surface area (Å²) in [6.07, 6.45) is 0. The van der Waals surface area contributed by atoms with Crippen LogP contribution in [0.4, 0.5) is 0 Å². The van der Waals surface area contributed by atoms with Crippen LogP contribution in [0.3, 0.4) is 0 Å². The number of hydrogen-bond acceptors (Lipinski definition) is 4. The molecule has 0 aliphatic carbocycles. The fourth-order valence-corrected chi connectivity index (χ4v) is 1.51. The number of phenols is 1. The van der Waals surface area contributed by atoms with Crippen molar-refractivity contribution in [1.82, 2.24) is 0 Å². The van der Waals surface area contributed by atoms with Crippen LogP contribution in [0.15, 0.2) is 16.6 Å². The number of aromatic hydroxyl groups is 1. The van der Waals surface area contributed by atoms with Crippen LogP contribution in [-0.2, 0) is 4.74 Å². The summed E-state index contributed by atoms with van der Waals surface area (Å²) in [5, 5.41) is 18.0. The van der Waals surface area contributed by atoms with Gasteiger partial charge in [-0.15, -0.1) is 0 Å². The van der Waals surface area contributed by atoms with Crippen LogP contribution in [0.2, 0.25) is 0 Å². The van der Waals surface area contributed by atoms with Crippen LogP contribution >= 0.6 is 15.9 Å². The van der Waals surface area contributed by atoms with E-state index in [4.69, 9.17) is 10.00 Å². The van der Waals surface area contributed by atoms with Gasteiger partial charge in [0, 0.05) is 4.47 Å². The maximum Gasteiger partial charge on any atom is 0.339 e. The van der Waals surface area contributed by atoms with Crippen molar-refractivity contribution < 1.29 is 14.6 Å². The molecule has 0 amide bonds. The van der Waals surface area contributed by atoms with Crippen molar-refractivity contribution in [3.05, 3.63) is 27.7 Å². The normalized spacial score (nSPS) is 9.40. The minimum atomic E-state index is -0.527. The van der Waals surface area contributed by atoms with Crippen LogP contribution in [0.25, 0.3) is 0 Å². The van der Waals surface area contributed by atoms with E-state index in [1.54, 1.807) is 13.0 Å². The predicted octanol–water partition coefficient (Wildman–Crippen LogP) is 2.20. The van der Waals surface area contributed by atoms with Crippen molar-refractivity contribution in [1.29, 1.82) is 5.26 Å². The van der Waals surface area contributed by atoms with E-state index < -0.39 is 5.97 Å². The second-order valence-corrected chi connectivity index (χ2v) is 3.54. The number of benzene rings is 1. The molecule has 15 heavy (non-hydrogen) atoms. The topological polar surface area (TPSA) is 70.3 Å². The summed E-state index contributed by atoms with van der Waals surface area (Å²) >= 11 is 3.11. The van der Waals surface area contributed by atoms with Gasteiger partial charge in [0.1, 0.15) is 11.8 Å². The Labute approximate surface area is 95.2 Å². The van der Waals surface area contributed by atoms with Gasteiger partial charge in [-0.25, -0.2) is 4.79 Å². The van der Waals surface area contributed by atoms with Gasteiger partial charge in [0.15, 0.2) is 0 Å². The van der Waals surface area contributed by atoms with E-state index in [9.17, 15) is 9.90 Å². The number of rotatable bonds is 2. The van der Waals surface area contributed by atoms with E-state index in [2.05, 4.69) is 15.9 Å². The summed E-state index contributed by atoms with van der Waals surface area (Å²) in [5.74, 6) is -0.696. The van der Waals surface area contributed by atoms with Gasteiger partial charge < -0.3 is 9.84 Å². The monoisotopic (exact) mass is 269 g/mol. The summed E-state index contributed by atoms with van der Waals surface area (Å²) < 4.78 is 5.19. The summed E-state index contributed by atoms with van der Waals surface area (Å²) in [4.78, 5) is 11.4. The van der Waals surface area contributed by atoms with Crippen molar-refractivity contribution in [2.45, 2.75) is 6.92 Å². The number of nitriles is 1. The van der Waals surface area contributed by atoms with E-state index in [0.717, 1.165) is 0 Å². The molecule has 1 aromatic carbocycles. The van der Waals surface area contributed by atoms with Crippen LogP contribution in [-0.4, -0.2) is 17.7 Å². The molecular formula is C10H8BrNO3. The molecule has 0 saturated carbocycles. The number of esters is 1. The Morgan fingerprint density at radius 3 is 2.87 bits per heavy atom. The Hall–Kier alpha value is -1.54. The summed E-state index contributed by atoms with van der Waals surface area (Å²) in [5.41, 5.74) is 0.271. The quantitative estimate of drug-likeness (QED) is 0.836. The van der Waals surface area contributed by atoms with Gasteiger partial charge in [-0.2, -0.15) is 5.26 Å². The van der Waals surface area contributed by atoms with E-state index in [1.807, 2.05) is 0 Å². The number of phenolic OH excluding ortho intramolecular Hbond substituents is 1. The van der Waals surface area contributed by atoms with Crippen LogP contribution in [0.1, 0.15) is 22.8 Å². The molecule has 0 aliphatic rings. The summed E-state index contributed by atoms with van der Waals surface area (Å²) in [6.45, 7) is 1.95. The van der Waals surface area contributed by atoms with Crippen molar-refractivity contribution in [3.8, 4) is 11.8 Å². The molecule has 0 fully saturated rings. The molecule has 0 saturated heterocycles. The SMILES string of the molecule is CCOC(=O)c1cc(C#N)c(O)cc1Br. The average Bonchev–Trinajstić information content (AvgIpc) is 2.18. The van der Waals surface area contributed by atoms with Gasteiger partial charge in [0.25, 0.3) is 0 Å². The maximum atomic E-state index is 11.4. The number of ether oxygens (including phenoxy) is 1. The zero-order valence-corrected chi connectivity index (χ0v) is 9.54. The fraction of sp³-hybridized carbons (Fsp3) is 0.200. The van der Waals surface area contributed by atoms with E-state index in [0.29, 0.717) is 4.47 Å². The molecule has 0 radical (unpaired) electrons. The first-order valence-electron chi connectivity index (χ1n) is 4.19. The highest BCUT2D eigenvalue weighted by atomic mass is 79.9. The third-order valence-electron chi connectivity index (χ3n) is 1.70. The minimum absolute atomic E-state index is 0.0428. The number of nitrogens with zero attached hydrogens (tertiary/aromatic N) is 1. The highest BCUT2D eigenvalue weighted by Crippen LogP contribution is 2.26. The van der Waals surface area contributed by atoms with Crippen LogP contribution in [0.5, 0.6) is 5.75 Å². The van der Waals surface area contributed by atoms with Crippen molar-refractivity contribution in [2.24, 2.45) is 0 Å². The highest BCUT2D eigenvalue weighted by Gasteiger charge is 2.14. The molecule has 4 nitrogen and oxygen atoms in total. The first-order valence-corrected chi connectivity index (χ1v) is 4.99. The van der Waals surface area contributed by atoms with Gasteiger partial charge in [0.05, 0.1) is 17.7 Å². The Morgan fingerprint density at radius 1 is 1.67 bits per heavy atom. The molecule has 0 spiro atoms. The van der Waals surface area contributed by atoms with Gasteiger partial charge in [-0.3, -0.25) is 0 Å². The smallest absolute Gasteiger partial charge is 0.339 e.